The van der Waals surface area contributed by atoms with Gasteiger partial charge in [-0.05, 0) is 24.1 Å². The fourth-order valence-electron chi connectivity index (χ4n) is 2.26. The molecule has 0 radical (unpaired) electrons. The minimum absolute atomic E-state index is 0.124. The highest BCUT2D eigenvalue weighted by Gasteiger charge is 2.48. The van der Waals surface area contributed by atoms with Crippen molar-refractivity contribution >= 4 is 10.0 Å². The van der Waals surface area contributed by atoms with Crippen LogP contribution >= 0.6 is 0 Å². The van der Waals surface area contributed by atoms with E-state index in [0.717, 1.165) is 0 Å². The van der Waals surface area contributed by atoms with Crippen LogP contribution in [0.3, 0.4) is 0 Å². The first-order chi connectivity index (χ1) is 9.24. The zero-order valence-electron chi connectivity index (χ0n) is 11.5. The van der Waals surface area contributed by atoms with E-state index in [0.29, 0.717) is 17.5 Å². The zero-order chi connectivity index (χ0) is 15.0. The SMILES string of the molecule is CC1(C)C(O)CC1NS(=O)(=O)Cc1ccc(C#N)cc1. The summed E-state index contributed by atoms with van der Waals surface area (Å²) in [6.07, 6.45) is -0.0234. The fraction of sp³-hybridized carbons (Fsp3) is 0.500. The van der Waals surface area contributed by atoms with E-state index in [9.17, 15) is 13.5 Å². The monoisotopic (exact) mass is 294 g/mol. The van der Waals surface area contributed by atoms with Crippen molar-refractivity contribution in [2.24, 2.45) is 5.41 Å². The van der Waals surface area contributed by atoms with Gasteiger partial charge in [0.1, 0.15) is 0 Å². The minimum Gasteiger partial charge on any atom is -0.392 e. The third-order valence-corrected chi connectivity index (χ3v) is 5.33. The molecule has 0 aromatic heterocycles. The highest BCUT2D eigenvalue weighted by atomic mass is 32.2. The molecule has 0 bridgehead atoms. The first-order valence-electron chi connectivity index (χ1n) is 6.42. The quantitative estimate of drug-likeness (QED) is 0.871. The Hall–Kier alpha value is -1.42. The van der Waals surface area contributed by atoms with E-state index in [-0.39, 0.29) is 11.8 Å². The number of nitrogens with zero attached hydrogens (tertiary/aromatic N) is 1. The molecule has 1 fully saturated rings. The molecule has 5 nitrogen and oxygen atoms in total. The molecule has 1 aliphatic rings. The number of hydrogen-bond acceptors (Lipinski definition) is 4. The summed E-state index contributed by atoms with van der Waals surface area (Å²) in [5, 5.41) is 18.3. The molecule has 6 heteroatoms. The van der Waals surface area contributed by atoms with Gasteiger partial charge in [-0.1, -0.05) is 26.0 Å². The molecule has 0 saturated heterocycles. The molecule has 0 aliphatic heterocycles. The lowest BCUT2D eigenvalue weighted by molar-refractivity contribution is -0.0645. The summed E-state index contributed by atoms with van der Waals surface area (Å²) in [4.78, 5) is 0. The zero-order valence-corrected chi connectivity index (χ0v) is 12.3. The number of aliphatic hydroxyl groups excluding tert-OH is 1. The molecule has 108 valence electrons. The molecule has 0 amide bonds. The number of hydrogen-bond donors (Lipinski definition) is 2. The Balaban J connectivity index is 2.03. The predicted molar refractivity (Wildman–Crippen MR) is 75.1 cm³/mol. The second-order valence-corrected chi connectivity index (χ2v) is 7.56. The second kappa shape index (κ2) is 5.17. The maximum absolute atomic E-state index is 12.1. The lowest BCUT2D eigenvalue weighted by atomic mass is 9.65. The van der Waals surface area contributed by atoms with Crippen LogP contribution in [0.2, 0.25) is 0 Å². The minimum atomic E-state index is -3.45. The molecule has 2 atom stereocenters. The van der Waals surface area contributed by atoms with Crippen molar-refractivity contribution in [3.05, 3.63) is 35.4 Å². The first-order valence-corrected chi connectivity index (χ1v) is 8.07. The average Bonchev–Trinajstić information content (AvgIpc) is 2.38. The molecular formula is C14H18N2O3S. The van der Waals surface area contributed by atoms with Crippen molar-refractivity contribution in [1.82, 2.24) is 4.72 Å². The van der Waals surface area contributed by atoms with E-state index >= 15 is 0 Å². The van der Waals surface area contributed by atoms with Crippen molar-refractivity contribution in [3.8, 4) is 6.07 Å². The topological polar surface area (TPSA) is 90.2 Å². The van der Waals surface area contributed by atoms with Gasteiger partial charge in [0, 0.05) is 11.5 Å². The van der Waals surface area contributed by atoms with Crippen LogP contribution in [0.5, 0.6) is 0 Å². The van der Waals surface area contributed by atoms with E-state index in [1.807, 2.05) is 19.9 Å². The summed E-state index contributed by atoms with van der Waals surface area (Å²) in [6, 6.07) is 8.23. The molecular weight excluding hydrogens is 276 g/mol. The third-order valence-electron chi connectivity index (χ3n) is 3.98. The Morgan fingerprint density at radius 3 is 2.45 bits per heavy atom. The molecule has 1 aromatic carbocycles. The van der Waals surface area contributed by atoms with Crippen molar-refractivity contribution < 1.29 is 13.5 Å². The number of nitrogens with one attached hydrogen (secondary N) is 1. The first kappa shape index (κ1) is 15.0. The van der Waals surface area contributed by atoms with Gasteiger partial charge in [-0.15, -0.1) is 0 Å². The maximum atomic E-state index is 12.1. The van der Waals surface area contributed by atoms with Crippen molar-refractivity contribution in [2.45, 2.75) is 38.2 Å². The lowest BCUT2D eigenvalue weighted by Gasteiger charge is -2.49. The van der Waals surface area contributed by atoms with E-state index in [4.69, 9.17) is 5.26 Å². The smallest absolute Gasteiger partial charge is 0.216 e. The molecule has 20 heavy (non-hydrogen) atoms. The average molecular weight is 294 g/mol. The lowest BCUT2D eigenvalue weighted by Crippen LogP contribution is -2.61. The fourth-order valence-corrected chi connectivity index (χ4v) is 3.80. The van der Waals surface area contributed by atoms with Crippen LogP contribution in [0.25, 0.3) is 0 Å². The molecule has 0 heterocycles. The van der Waals surface area contributed by atoms with Gasteiger partial charge in [-0.3, -0.25) is 0 Å². The summed E-state index contributed by atoms with van der Waals surface area (Å²) in [6.45, 7) is 3.69. The predicted octanol–water partition coefficient (Wildman–Crippen LogP) is 1.14. The molecule has 1 aromatic rings. The molecule has 2 rings (SSSR count). The number of benzene rings is 1. The highest BCUT2D eigenvalue weighted by Crippen LogP contribution is 2.40. The molecule has 1 aliphatic carbocycles. The Morgan fingerprint density at radius 1 is 1.40 bits per heavy atom. The molecule has 1 saturated carbocycles. The Morgan fingerprint density at radius 2 is 2.00 bits per heavy atom. The normalized spacial score (nSPS) is 24.7. The van der Waals surface area contributed by atoms with Gasteiger partial charge in [0.05, 0.1) is 23.5 Å². The van der Waals surface area contributed by atoms with Gasteiger partial charge < -0.3 is 5.11 Å². The van der Waals surface area contributed by atoms with Crippen LogP contribution in [-0.4, -0.2) is 25.7 Å². The second-order valence-electron chi connectivity index (χ2n) is 5.81. The number of aliphatic hydroxyl groups is 1. The van der Waals surface area contributed by atoms with Gasteiger partial charge in [-0.2, -0.15) is 5.26 Å². The van der Waals surface area contributed by atoms with E-state index in [2.05, 4.69) is 4.72 Å². The van der Waals surface area contributed by atoms with Crippen LogP contribution < -0.4 is 4.72 Å². The van der Waals surface area contributed by atoms with E-state index in [1.54, 1.807) is 24.3 Å². The van der Waals surface area contributed by atoms with Crippen molar-refractivity contribution in [1.29, 1.82) is 5.26 Å². The third kappa shape index (κ3) is 3.01. The maximum Gasteiger partial charge on any atom is 0.216 e. The standard InChI is InChI=1S/C14H18N2O3S/c1-14(2)12(7-13(14)17)16-20(18,19)9-11-5-3-10(8-15)4-6-11/h3-6,12-13,16-17H,7,9H2,1-2H3. The van der Waals surface area contributed by atoms with E-state index < -0.39 is 21.5 Å². The van der Waals surface area contributed by atoms with Gasteiger partial charge in [0.15, 0.2) is 0 Å². The molecule has 0 spiro atoms. The highest BCUT2D eigenvalue weighted by molar-refractivity contribution is 7.88. The van der Waals surface area contributed by atoms with Crippen LogP contribution in [0.15, 0.2) is 24.3 Å². The van der Waals surface area contributed by atoms with Crippen LogP contribution in [0, 0.1) is 16.7 Å². The Bertz CT molecular complexity index is 629. The van der Waals surface area contributed by atoms with Gasteiger partial charge in [0.25, 0.3) is 0 Å². The molecule has 2 unspecified atom stereocenters. The summed E-state index contributed by atoms with van der Waals surface area (Å²) >= 11 is 0. The van der Waals surface area contributed by atoms with Crippen molar-refractivity contribution in [3.63, 3.8) is 0 Å². The largest absolute Gasteiger partial charge is 0.392 e. The Kier molecular flexibility index (Phi) is 3.87. The number of sulfonamides is 1. The van der Waals surface area contributed by atoms with Crippen LogP contribution in [0.4, 0.5) is 0 Å². The van der Waals surface area contributed by atoms with Gasteiger partial charge in [-0.25, -0.2) is 13.1 Å². The summed E-state index contributed by atoms with van der Waals surface area (Å²) in [5.41, 5.74) is 0.703. The molecule has 2 N–H and O–H groups in total. The van der Waals surface area contributed by atoms with Crippen LogP contribution in [0.1, 0.15) is 31.4 Å². The van der Waals surface area contributed by atoms with Gasteiger partial charge in [0.2, 0.25) is 10.0 Å². The summed E-state index contributed by atoms with van der Waals surface area (Å²) < 4.78 is 26.8. The van der Waals surface area contributed by atoms with Crippen LogP contribution in [-0.2, 0) is 15.8 Å². The number of rotatable bonds is 4. The van der Waals surface area contributed by atoms with Crippen molar-refractivity contribution in [2.75, 3.05) is 0 Å². The number of nitriles is 1. The van der Waals surface area contributed by atoms with Gasteiger partial charge >= 0.3 is 0 Å². The summed E-state index contributed by atoms with van der Waals surface area (Å²) in [5.74, 6) is -0.124. The summed E-state index contributed by atoms with van der Waals surface area (Å²) in [7, 11) is -3.45. The Labute approximate surface area is 119 Å². The van der Waals surface area contributed by atoms with E-state index in [1.165, 1.54) is 0 Å².